The van der Waals surface area contributed by atoms with E-state index >= 15 is 0 Å². The fourth-order valence-electron chi connectivity index (χ4n) is 4.09. The van der Waals surface area contributed by atoms with E-state index < -0.39 is 37.6 Å². The van der Waals surface area contributed by atoms with Gasteiger partial charge < -0.3 is 20.1 Å². The predicted octanol–water partition coefficient (Wildman–Crippen LogP) is 1.85. The molecule has 1 spiro atoms. The molecule has 1 amide bonds. The van der Waals surface area contributed by atoms with E-state index in [-0.39, 0.29) is 42.4 Å². The highest BCUT2D eigenvalue weighted by atomic mass is 32.2. The summed E-state index contributed by atoms with van der Waals surface area (Å²) in [6.45, 7) is 1.68. The third-order valence-electron chi connectivity index (χ3n) is 5.94. The molecule has 3 heterocycles. The van der Waals surface area contributed by atoms with Gasteiger partial charge in [0, 0.05) is 17.9 Å². The van der Waals surface area contributed by atoms with Gasteiger partial charge in [-0.05, 0) is 43.7 Å². The number of hydrogen-bond acceptors (Lipinski definition) is 7. The maximum absolute atomic E-state index is 14.8. The van der Waals surface area contributed by atoms with Crippen LogP contribution in [0.1, 0.15) is 29.4 Å². The number of amides is 1. The molecule has 4 rings (SSSR count). The molecule has 2 aliphatic rings. The van der Waals surface area contributed by atoms with Gasteiger partial charge in [-0.1, -0.05) is 0 Å². The number of anilines is 1. The highest BCUT2D eigenvalue weighted by Crippen LogP contribution is 2.40. The zero-order valence-corrected chi connectivity index (χ0v) is 18.4. The largest absolute Gasteiger partial charge is 0.495 e. The molecule has 2 saturated heterocycles. The number of aromatic nitrogens is 1. The number of carbonyl (C=O) groups excluding carboxylic acids is 1. The lowest BCUT2D eigenvalue weighted by molar-refractivity contribution is 0.102. The minimum absolute atomic E-state index is 0.0279. The molecule has 9 nitrogen and oxygen atoms in total. The average Bonchev–Trinajstić information content (AvgIpc) is 3.26. The fourth-order valence-corrected chi connectivity index (χ4v) is 6.37. The van der Waals surface area contributed by atoms with Gasteiger partial charge >= 0.3 is 0 Å². The Morgan fingerprint density at radius 2 is 2.12 bits per heavy atom. The molecule has 0 unspecified atom stereocenters. The van der Waals surface area contributed by atoms with Crippen LogP contribution in [-0.2, 0) is 20.1 Å². The second-order valence-corrected chi connectivity index (χ2v) is 10.4. The van der Waals surface area contributed by atoms with Crippen molar-refractivity contribution in [3.05, 3.63) is 53.6 Å². The monoisotopic (exact) mass is 462 g/mol. The molecule has 11 heteroatoms. The summed E-state index contributed by atoms with van der Waals surface area (Å²) in [5.41, 5.74) is -0.973. The second-order valence-electron chi connectivity index (χ2n) is 8.12. The van der Waals surface area contributed by atoms with E-state index in [9.17, 15) is 17.6 Å². The van der Waals surface area contributed by atoms with Gasteiger partial charge in [0.15, 0.2) is 14.6 Å². The van der Waals surface area contributed by atoms with E-state index in [1.165, 1.54) is 38.4 Å². The molecular weight excluding hydrogens is 439 g/mol. The molecular formula is C21H23FN4O5S. The van der Waals surface area contributed by atoms with Crippen LogP contribution in [0.2, 0.25) is 0 Å². The van der Waals surface area contributed by atoms with Crippen molar-refractivity contribution in [2.24, 2.45) is 0 Å². The maximum atomic E-state index is 14.8. The van der Waals surface area contributed by atoms with Crippen LogP contribution in [0, 0.1) is 11.2 Å². The first-order chi connectivity index (χ1) is 15.1. The lowest BCUT2D eigenvalue weighted by Gasteiger charge is -2.44. The molecule has 2 aliphatic heterocycles. The number of amidine groups is 1. The van der Waals surface area contributed by atoms with Crippen LogP contribution in [0.15, 0.2) is 36.5 Å². The number of halogens is 1. The molecule has 2 aromatic rings. The summed E-state index contributed by atoms with van der Waals surface area (Å²) in [4.78, 5) is 16.5. The number of pyridine rings is 1. The SMILES string of the molecule is COc1ccc(C(=O)Nc2ccc(F)c([C@]3(C)CS(=O)(=O)[C@]4(CCOC4)C(=N)N3)c2)nc1. The Balaban J connectivity index is 1.62. The first-order valence-electron chi connectivity index (χ1n) is 9.89. The van der Waals surface area contributed by atoms with E-state index in [1.807, 2.05) is 0 Å². The highest BCUT2D eigenvalue weighted by Gasteiger charge is 2.58. The average molecular weight is 463 g/mol. The van der Waals surface area contributed by atoms with E-state index in [1.54, 1.807) is 6.07 Å². The third-order valence-corrected chi connectivity index (χ3v) is 8.61. The molecule has 32 heavy (non-hydrogen) atoms. The molecule has 1 aromatic heterocycles. The Hall–Kier alpha value is -3.05. The number of hydrogen-bond donors (Lipinski definition) is 3. The van der Waals surface area contributed by atoms with Crippen molar-refractivity contribution in [1.82, 2.24) is 10.3 Å². The van der Waals surface area contributed by atoms with Crippen molar-refractivity contribution >= 4 is 27.3 Å². The zero-order valence-electron chi connectivity index (χ0n) is 17.6. The number of nitrogens with zero attached hydrogens (tertiary/aromatic N) is 1. The Morgan fingerprint density at radius 1 is 1.34 bits per heavy atom. The summed E-state index contributed by atoms with van der Waals surface area (Å²) in [6, 6.07) is 6.97. The Labute approximate surface area is 184 Å². The Morgan fingerprint density at radius 3 is 2.72 bits per heavy atom. The first-order valence-corrected chi connectivity index (χ1v) is 11.5. The van der Waals surface area contributed by atoms with Crippen molar-refractivity contribution in [3.63, 3.8) is 0 Å². The summed E-state index contributed by atoms with van der Waals surface area (Å²) < 4.78 is 50.0. The number of benzene rings is 1. The number of nitrogens with one attached hydrogen (secondary N) is 3. The van der Waals surface area contributed by atoms with Crippen LogP contribution in [0.5, 0.6) is 5.75 Å². The number of carbonyl (C=O) groups is 1. The molecule has 170 valence electrons. The zero-order chi connectivity index (χ0) is 23.1. The van der Waals surface area contributed by atoms with Gasteiger partial charge in [0.1, 0.15) is 23.1 Å². The Bertz CT molecular complexity index is 1180. The van der Waals surface area contributed by atoms with E-state index in [0.29, 0.717) is 5.75 Å². The summed E-state index contributed by atoms with van der Waals surface area (Å²) in [5, 5.41) is 13.9. The van der Waals surface area contributed by atoms with Crippen molar-refractivity contribution in [2.45, 2.75) is 23.6 Å². The molecule has 3 N–H and O–H groups in total. The van der Waals surface area contributed by atoms with Gasteiger partial charge in [-0.25, -0.2) is 17.8 Å². The maximum Gasteiger partial charge on any atom is 0.274 e. The van der Waals surface area contributed by atoms with Gasteiger partial charge in [0.05, 0.1) is 31.2 Å². The standard InChI is InChI=1S/C21H23FN4O5S/c1-20(12-32(28,29)21(19(23)26-20)7-8-31-11-21)15-9-13(3-5-16(15)22)25-18(27)17-6-4-14(30-2)10-24-17/h3-6,9-10H,7-8,11-12H2,1-2H3,(H2,23,26)(H,25,27)/t20-,21-/m0/s1. The summed E-state index contributed by atoms with van der Waals surface area (Å²) in [7, 11) is -2.33. The van der Waals surface area contributed by atoms with E-state index in [4.69, 9.17) is 14.9 Å². The fraction of sp³-hybridized carbons (Fsp3) is 0.381. The van der Waals surface area contributed by atoms with Crippen LogP contribution >= 0.6 is 0 Å². The van der Waals surface area contributed by atoms with Crippen molar-refractivity contribution in [1.29, 1.82) is 5.41 Å². The van der Waals surface area contributed by atoms with Gasteiger partial charge in [-0.15, -0.1) is 0 Å². The first kappa shape index (κ1) is 22.2. The van der Waals surface area contributed by atoms with Crippen LogP contribution in [0.3, 0.4) is 0 Å². The normalized spacial score (nSPS) is 26.5. The number of methoxy groups -OCH3 is 1. The van der Waals surface area contributed by atoms with Crippen molar-refractivity contribution in [2.75, 3.05) is 31.4 Å². The summed E-state index contributed by atoms with van der Waals surface area (Å²) in [6.07, 6.45) is 1.59. The predicted molar refractivity (Wildman–Crippen MR) is 115 cm³/mol. The topological polar surface area (TPSA) is 130 Å². The van der Waals surface area contributed by atoms with Crippen LogP contribution < -0.4 is 15.4 Å². The molecule has 2 fully saturated rings. The van der Waals surface area contributed by atoms with Crippen LogP contribution in [0.25, 0.3) is 0 Å². The van der Waals surface area contributed by atoms with Crippen molar-refractivity contribution < 1.29 is 27.1 Å². The summed E-state index contributed by atoms with van der Waals surface area (Å²) >= 11 is 0. The third kappa shape index (κ3) is 3.61. The molecule has 1 aromatic carbocycles. The molecule has 0 saturated carbocycles. The van der Waals surface area contributed by atoms with Gasteiger partial charge in [-0.3, -0.25) is 10.2 Å². The lowest BCUT2D eigenvalue weighted by Crippen LogP contribution is -2.66. The molecule has 2 atom stereocenters. The van der Waals surface area contributed by atoms with Gasteiger partial charge in [-0.2, -0.15) is 0 Å². The summed E-state index contributed by atoms with van der Waals surface area (Å²) in [5.74, 6) is -1.30. The smallest absolute Gasteiger partial charge is 0.274 e. The lowest BCUT2D eigenvalue weighted by atomic mass is 9.90. The minimum Gasteiger partial charge on any atom is -0.495 e. The molecule has 0 radical (unpaired) electrons. The van der Waals surface area contributed by atoms with E-state index in [0.717, 1.165) is 6.07 Å². The number of ether oxygens (including phenoxy) is 2. The minimum atomic E-state index is -3.82. The second kappa shape index (κ2) is 7.82. The van der Waals surface area contributed by atoms with Crippen LogP contribution in [0.4, 0.5) is 10.1 Å². The van der Waals surface area contributed by atoms with Crippen molar-refractivity contribution in [3.8, 4) is 5.75 Å². The quantitative estimate of drug-likeness (QED) is 0.632. The Kier molecular flexibility index (Phi) is 5.41. The number of rotatable bonds is 4. The molecule has 0 bridgehead atoms. The molecule has 0 aliphatic carbocycles. The van der Waals surface area contributed by atoms with Gasteiger partial charge in [0.2, 0.25) is 0 Å². The van der Waals surface area contributed by atoms with Crippen LogP contribution in [-0.4, -0.2) is 56.0 Å². The van der Waals surface area contributed by atoms with Gasteiger partial charge in [0.25, 0.3) is 5.91 Å². The highest BCUT2D eigenvalue weighted by molar-refractivity contribution is 7.93. The number of sulfone groups is 1. The van der Waals surface area contributed by atoms with E-state index in [2.05, 4.69) is 15.6 Å².